The zero-order chi connectivity index (χ0) is 19.5. The van der Waals surface area contributed by atoms with Gasteiger partial charge in [0.2, 0.25) is 5.91 Å². The molecule has 1 aromatic rings. The number of hydrogen-bond donors (Lipinski definition) is 2. The molecule has 0 aliphatic carbocycles. The van der Waals surface area contributed by atoms with Crippen LogP contribution >= 0.6 is 11.8 Å². The van der Waals surface area contributed by atoms with Gasteiger partial charge in [-0.05, 0) is 24.7 Å². The highest BCUT2D eigenvalue weighted by molar-refractivity contribution is 7.98. The zero-order valence-electron chi connectivity index (χ0n) is 16.8. The largest absolute Gasteiger partial charge is 0.356 e. The highest BCUT2D eigenvalue weighted by Gasteiger charge is 2.20. The van der Waals surface area contributed by atoms with E-state index >= 15 is 0 Å². The number of rotatable bonds is 8. The number of amides is 1. The number of guanidine groups is 1. The monoisotopic (exact) mass is 391 g/mol. The minimum atomic E-state index is 0.0126. The fourth-order valence-electron chi connectivity index (χ4n) is 2.98. The van der Waals surface area contributed by atoms with E-state index < -0.39 is 0 Å². The summed E-state index contributed by atoms with van der Waals surface area (Å²) in [6.07, 6.45) is 4.25. The molecule has 2 N–H and O–H groups in total. The summed E-state index contributed by atoms with van der Waals surface area (Å²) in [6, 6.07) is 11.0. The van der Waals surface area contributed by atoms with Gasteiger partial charge in [-0.15, -0.1) is 0 Å². The van der Waals surface area contributed by atoms with Crippen molar-refractivity contribution in [1.29, 1.82) is 0 Å². The molecule has 1 saturated heterocycles. The quantitative estimate of drug-likeness (QED) is 0.401. The molecule has 2 rings (SSSR count). The van der Waals surface area contributed by atoms with Crippen molar-refractivity contribution >= 4 is 23.6 Å². The van der Waals surface area contributed by atoms with Crippen molar-refractivity contribution in [2.75, 3.05) is 52.3 Å². The van der Waals surface area contributed by atoms with Gasteiger partial charge in [0.15, 0.2) is 5.96 Å². The molecule has 6 nitrogen and oxygen atoms in total. The Hall–Kier alpha value is -1.73. The Morgan fingerprint density at radius 2 is 1.96 bits per heavy atom. The van der Waals surface area contributed by atoms with Crippen molar-refractivity contribution in [3.05, 3.63) is 35.9 Å². The summed E-state index contributed by atoms with van der Waals surface area (Å²) in [4.78, 5) is 20.4. The molecule has 1 heterocycles. The third-order valence-corrected chi connectivity index (χ3v) is 5.26. The van der Waals surface area contributed by atoms with Crippen LogP contribution in [0, 0.1) is 0 Å². The van der Waals surface area contributed by atoms with Gasteiger partial charge in [-0.1, -0.05) is 30.3 Å². The van der Waals surface area contributed by atoms with Gasteiger partial charge in [-0.25, -0.2) is 4.99 Å². The molecule has 0 aromatic heterocycles. The Morgan fingerprint density at radius 3 is 2.59 bits per heavy atom. The number of carbonyl (C=O) groups is 1. The van der Waals surface area contributed by atoms with Gasteiger partial charge in [-0.3, -0.25) is 9.69 Å². The van der Waals surface area contributed by atoms with Gasteiger partial charge in [0.25, 0.3) is 0 Å². The van der Waals surface area contributed by atoms with Gasteiger partial charge >= 0.3 is 0 Å². The predicted octanol–water partition coefficient (Wildman–Crippen LogP) is 1.64. The lowest BCUT2D eigenvalue weighted by Gasteiger charge is -2.33. The first-order valence-corrected chi connectivity index (χ1v) is 11.0. The molecule has 150 valence electrons. The van der Waals surface area contributed by atoms with Crippen molar-refractivity contribution in [3.63, 3.8) is 0 Å². The fourth-order valence-corrected chi connectivity index (χ4v) is 3.29. The molecule has 27 heavy (non-hydrogen) atoms. The minimum absolute atomic E-state index is 0.0126. The molecular weight excluding hydrogens is 358 g/mol. The third-order valence-electron chi connectivity index (χ3n) is 4.65. The summed E-state index contributed by atoms with van der Waals surface area (Å²) in [7, 11) is 3.52. The first kappa shape index (κ1) is 21.6. The molecule has 0 radical (unpaired) electrons. The van der Waals surface area contributed by atoms with E-state index in [4.69, 9.17) is 0 Å². The molecule has 0 bridgehead atoms. The standard InChI is InChI=1S/C20H33N5OS/c1-24(2)19(26)15-22-20(21-11-14-27-3)23-18-9-12-25(13-10-18)16-17-7-5-4-6-8-17/h4-8,18H,9-16H2,1-3H3,(H2,21,22,23). The van der Waals surface area contributed by atoms with E-state index in [1.165, 1.54) is 5.56 Å². The van der Waals surface area contributed by atoms with E-state index in [2.05, 4.69) is 57.1 Å². The van der Waals surface area contributed by atoms with Crippen LogP contribution in [0.4, 0.5) is 0 Å². The Bertz CT molecular complexity index is 585. The van der Waals surface area contributed by atoms with Crippen molar-refractivity contribution in [2.24, 2.45) is 4.99 Å². The Labute approximate surface area is 167 Å². The second-order valence-electron chi connectivity index (χ2n) is 7.05. The maximum Gasteiger partial charge on any atom is 0.243 e. The number of likely N-dealkylation sites (tertiary alicyclic amines) is 1. The van der Waals surface area contributed by atoms with Crippen LogP contribution in [0.2, 0.25) is 0 Å². The minimum Gasteiger partial charge on any atom is -0.356 e. The van der Waals surface area contributed by atoms with E-state index in [1.807, 2.05) is 0 Å². The number of benzene rings is 1. The molecule has 1 amide bonds. The lowest BCUT2D eigenvalue weighted by atomic mass is 10.0. The first-order chi connectivity index (χ1) is 13.1. The van der Waals surface area contributed by atoms with E-state index in [9.17, 15) is 4.79 Å². The van der Waals surface area contributed by atoms with Crippen LogP contribution in [-0.2, 0) is 11.3 Å². The normalized spacial score (nSPS) is 16.2. The van der Waals surface area contributed by atoms with E-state index in [1.54, 1.807) is 30.8 Å². The van der Waals surface area contributed by atoms with Gasteiger partial charge in [0.1, 0.15) is 6.54 Å². The Balaban J connectivity index is 1.82. The van der Waals surface area contributed by atoms with Crippen molar-refractivity contribution < 1.29 is 4.79 Å². The van der Waals surface area contributed by atoms with E-state index in [0.29, 0.717) is 6.04 Å². The number of hydrogen-bond acceptors (Lipinski definition) is 4. The van der Waals surface area contributed by atoms with Crippen LogP contribution in [0.15, 0.2) is 35.3 Å². The maximum absolute atomic E-state index is 11.8. The Kier molecular flexibility index (Phi) is 9.48. The summed E-state index contributed by atoms with van der Waals surface area (Å²) in [6.45, 7) is 4.17. The van der Waals surface area contributed by atoms with Gasteiger partial charge in [-0.2, -0.15) is 11.8 Å². The lowest BCUT2D eigenvalue weighted by Crippen LogP contribution is -2.49. The highest BCUT2D eigenvalue weighted by Crippen LogP contribution is 2.13. The van der Waals surface area contributed by atoms with Crippen molar-refractivity contribution in [2.45, 2.75) is 25.4 Å². The second kappa shape index (κ2) is 11.9. The van der Waals surface area contributed by atoms with Gasteiger partial charge in [0.05, 0.1) is 0 Å². The van der Waals surface area contributed by atoms with Crippen molar-refractivity contribution in [3.8, 4) is 0 Å². The van der Waals surface area contributed by atoms with E-state index in [0.717, 1.165) is 50.7 Å². The zero-order valence-corrected chi connectivity index (χ0v) is 17.6. The number of carbonyl (C=O) groups excluding carboxylic acids is 1. The summed E-state index contributed by atoms with van der Waals surface area (Å²) >= 11 is 1.79. The number of thioether (sulfide) groups is 1. The molecule has 1 aliphatic heterocycles. The lowest BCUT2D eigenvalue weighted by molar-refractivity contribution is -0.127. The number of piperidine rings is 1. The van der Waals surface area contributed by atoms with Crippen LogP contribution in [0.1, 0.15) is 18.4 Å². The van der Waals surface area contributed by atoms with Gasteiger partial charge < -0.3 is 15.5 Å². The number of likely N-dealkylation sites (N-methyl/N-ethyl adjacent to an activating group) is 1. The van der Waals surface area contributed by atoms with Crippen LogP contribution in [0.25, 0.3) is 0 Å². The summed E-state index contributed by atoms with van der Waals surface area (Å²) < 4.78 is 0. The number of nitrogens with one attached hydrogen (secondary N) is 2. The highest BCUT2D eigenvalue weighted by atomic mass is 32.2. The van der Waals surface area contributed by atoms with Gasteiger partial charge in [0, 0.05) is 52.1 Å². The molecule has 0 unspecified atom stereocenters. The molecule has 0 atom stereocenters. The molecule has 1 fully saturated rings. The summed E-state index contributed by atoms with van der Waals surface area (Å²) in [5.41, 5.74) is 1.37. The predicted molar refractivity (Wildman–Crippen MR) is 115 cm³/mol. The smallest absolute Gasteiger partial charge is 0.243 e. The molecule has 7 heteroatoms. The number of nitrogens with zero attached hydrogens (tertiary/aromatic N) is 3. The van der Waals surface area contributed by atoms with E-state index in [-0.39, 0.29) is 12.5 Å². The first-order valence-electron chi connectivity index (χ1n) is 9.58. The maximum atomic E-state index is 11.8. The molecule has 1 aromatic carbocycles. The van der Waals surface area contributed by atoms with Crippen LogP contribution in [-0.4, -0.2) is 80.0 Å². The third kappa shape index (κ3) is 8.22. The molecule has 0 saturated carbocycles. The Morgan fingerprint density at radius 1 is 1.26 bits per heavy atom. The van der Waals surface area contributed by atoms with Crippen LogP contribution in [0.5, 0.6) is 0 Å². The SMILES string of the molecule is CSCCNC(=NCC(=O)N(C)C)NC1CCN(Cc2ccccc2)CC1. The number of aliphatic imine (C=N–C) groups is 1. The second-order valence-corrected chi connectivity index (χ2v) is 8.04. The fraction of sp³-hybridized carbons (Fsp3) is 0.600. The van der Waals surface area contributed by atoms with Crippen LogP contribution < -0.4 is 10.6 Å². The van der Waals surface area contributed by atoms with Crippen LogP contribution in [0.3, 0.4) is 0 Å². The summed E-state index contributed by atoms with van der Waals surface area (Å²) in [5, 5.41) is 6.87. The average molecular weight is 392 g/mol. The molecule has 0 spiro atoms. The van der Waals surface area contributed by atoms with Crippen molar-refractivity contribution in [1.82, 2.24) is 20.4 Å². The molecular formula is C20H33N5OS. The molecule has 1 aliphatic rings. The summed E-state index contributed by atoms with van der Waals surface area (Å²) in [5.74, 6) is 1.78. The topological polar surface area (TPSA) is 60.0 Å². The average Bonchev–Trinajstić information content (AvgIpc) is 2.68.